The van der Waals surface area contributed by atoms with E-state index in [-0.39, 0.29) is 17.2 Å². The third-order valence-corrected chi connectivity index (χ3v) is 4.64. The Kier molecular flexibility index (Phi) is 4.12. The van der Waals surface area contributed by atoms with Crippen molar-refractivity contribution in [3.8, 4) is 0 Å². The Morgan fingerprint density at radius 1 is 1.11 bits per heavy atom. The van der Waals surface area contributed by atoms with Gasteiger partial charge >= 0.3 is 0 Å². The Morgan fingerprint density at radius 2 is 1.89 bits per heavy atom. The maximum atomic E-state index is 12.9. The Hall–Kier alpha value is -3.25. The van der Waals surface area contributed by atoms with Gasteiger partial charge < -0.3 is 4.98 Å². The van der Waals surface area contributed by atoms with Gasteiger partial charge in [0.15, 0.2) is 0 Å². The van der Waals surface area contributed by atoms with Crippen molar-refractivity contribution in [1.29, 1.82) is 0 Å². The van der Waals surface area contributed by atoms with Gasteiger partial charge in [0.25, 0.3) is 11.5 Å². The van der Waals surface area contributed by atoms with E-state index < -0.39 is 0 Å². The maximum Gasteiger partial charge on any atom is 0.282 e. The van der Waals surface area contributed by atoms with Crippen LogP contribution < -0.4 is 10.5 Å². The van der Waals surface area contributed by atoms with Crippen LogP contribution >= 0.6 is 11.6 Å². The summed E-state index contributed by atoms with van der Waals surface area (Å²) in [5.41, 5.74) is 1.90. The zero-order valence-corrected chi connectivity index (χ0v) is 15.4. The summed E-state index contributed by atoms with van der Waals surface area (Å²) in [6.07, 6.45) is 1.66. The van der Waals surface area contributed by atoms with Gasteiger partial charge in [0.2, 0.25) is 0 Å². The molecule has 6 nitrogen and oxygen atoms in total. The predicted molar refractivity (Wildman–Crippen MR) is 107 cm³/mol. The molecule has 4 rings (SSSR count). The van der Waals surface area contributed by atoms with Crippen molar-refractivity contribution in [2.45, 2.75) is 13.8 Å². The number of benzene rings is 2. The van der Waals surface area contributed by atoms with Gasteiger partial charge in [-0.05, 0) is 49.8 Å². The molecule has 0 aliphatic carbocycles. The minimum Gasteiger partial charge on any atom is -0.310 e. The molecule has 0 saturated heterocycles. The average molecular weight is 379 g/mol. The third kappa shape index (κ3) is 3.04. The van der Waals surface area contributed by atoms with Crippen molar-refractivity contribution in [2.75, 3.05) is 4.90 Å². The number of amides is 1. The summed E-state index contributed by atoms with van der Waals surface area (Å²) in [5, 5.41) is 0.963. The number of amidine groups is 1. The van der Waals surface area contributed by atoms with Gasteiger partial charge in [-0.1, -0.05) is 29.8 Å². The van der Waals surface area contributed by atoms with E-state index in [1.165, 1.54) is 4.90 Å². The highest BCUT2D eigenvalue weighted by atomic mass is 35.5. The maximum absolute atomic E-state index is 12.9. The molecule has 3 aromatic rings. The minimum atomic E-state index is -0.275. The molecular weight excluding hydrogens is 364 g/mol. The quantitative estimate of drug-likeness (QED) is 0.691. The van der Waals surface area contributed by atoms with Crippen molar-refractivity contribution in [1.82, 2.24) is 9.97 Å². The lowest BCUT2D eigenvalue weighted by Gasteiger charge is -2.16. The predicted octanol–water partition coefficient (Wildman–Crippen LogP) is 3.69. The van der Waals surface area contributed by atoms with Gasteiger partial charge in [-0.25, -0.2) is 9.98 Å². The Morgan fingerprint density at radius 3 is 2.67 bits per heavy atom. The van der Waals surface area contributed by atoms with Crippen molar-refractivity contribution in [3.63, 3.8) is 0 Å². The second kappa shape index (κ2) is 6.48. The summed E-state index contributed by atoms with van der Waals surface area (Å²) in [6, 6.07) is 12.4. The Balaban J connectivity index is 1.77. The number of aromatic amines is 1. The highest BCUT2D eigenvalue weighted by Crippen LogP contribution is 2.28. The van der Waals surface area contributed by atoms with Crippen LogP contribution in [0.4, 0.5) is 5.69 Å². The smallest absolute Gasteiger partial charge is 0.282 e. The van der Waals surface area contributed by atoms with Crippen molar-refractivity contribution in [2.24, 2.45) is 4.99 Å². The second-order valence-corrected chi connectivity index (χ2v) is 6.61. The van der Waals surface area contributed by atoms with E-state index in [1.54, 1.807) is 44.2 Å². The molecule has 27 heavy (non-hydrogen) atoms. The fraction of sp³-hybridized carbons (Fsp3) is 0.100. The minimum absolute atomic E-state index is 0.243. The molecule has 0 fully saturated rings. The second-order valence-electron chi connectivity index (χ2n) is 6.20. The van der Waals surface area contributed by atoms with Crippen LogP contribution in [0.3, 0.4) is 0 Å². The summed E-state index contributed by atoms with van der Waals surface area (Å²) in [4.78, 5) is 38.0. The number of rotatable bonds is 2. The monoisotopic (exact) mass is 378 g/mol. The number of hydrogen-bond acceptors (Lipinski definition) is 4. The number of fused-ring (bicyclic) bond motifs is 1. The van der Waals surface area contributed by atoms with E-state index in [4.69, 9.17) is 11.6 Å². The van der Waals surface area contributed by atoms with Crippen LogP contribution in [-0.2, 0) is 4.79 Å². The van der Waals surface area contributed by atoms with Crippen molar-refractivity contribution < 1.29 is 4.79 Å². The van der Waals surface area contributed by atoms with Gasteiger partial charge in [0.05, 0.1) is 16.6 Å². The molecule has 134 valence electrons. The van der Waals surface area contributed by atoms with Crippen LogP contribution in [0.25, 0.3) is 17.0 Å². The van der Waals surface area contributed by atoms with E-state index in [1.807, 2.05) is 18.2 Å². The third-order valence-electron chi connectivity index (χ3n) is 4.29. The van der Waals surface area contributed by atoms with Crippen LogP contribution in [-0.4, -0.2) is 21.7 Å². The first-order valence-corrected chi connectivity index (χ1v) is 8.68. The molecule has 0 unspecified atom stereocenters. The van der Waals surface area contributed by atoms with Crippen molar-refractivity contribution in [3.05, 3.63) is 74.9 Å². The zero-order valence-electron chi connectivity index (χ0n) is 14.7. The van der Waals surface area contributed by atoms with E-state index in [0.717, 1.165) is 5.56 Å². The molecule has 0 spiro atoms. The number of carbonyl (C=O) groups is 1. The lowest BCUT2D eigenvalue weighted by atomic mass is 10.1. The summed E-state index contributed by atoms with van der Waals surface area (Å²) >= 11 is 6.17. The largest absolute Gasteiger partial charge is 0.310 e. The topological polar surface area (TPSA) is 78.4 Å². The number of H-pyrrole nitrogens is 1. The van der Waals surface area contributed by atoms with Gasteiger partial charge in [0, 0.05) is 5.02 Å². The molecule has 0 saturated carbocycles. The van der Waals surface area contributed by atoms with Crippen LogP contribution in [0, 0.1) is 6.92 Å². The first kappa shape index (κ1) is 17.2. The molecule has 2 heterocycles. The number of aryl methyl sites for hydroxylation is 1. The molecule has 1 amide bonds. The molecule has 1 aliphatic rings. The van der Waals surface area contributed by atoms with Crippen LogP contribution in [0.2, 0.25) is 5.02 Å². The van der Waals surface area contributed by atoms with E-state index in [9.17, 15) is 9.59 Å². The van der Waals surface area contributed by atoms with Crippen LogP contribution in [0.15, 0.2) is 57.9 Å². The lowest BCUT2D eigenvalue weighted by Crippen LogP contribution is -2.30. The molecule has 1 aliphatic heterocycles. The molecule has 2 aromatic carbocycles. The highest BCUT2D eigenvalue weighted by Gasteiger charge is 2.29. The average Bonchev–Trinajstić information content (AvgIpc) is 2.90. The van der Waals surface area contributed by atoms with E-state index in [0.29, 0.717) is 33.3 Å². The fourth-order valence-electron chi connectivity index (χ4n) is 3.05. The van der Waals surface area contributed by atoms with Gasteiger partial charge in [-0.3, -0.25) is 14.5 Å². The van der Waals surface area contributed by atoms with Crippen molar-refractivity contribution >= 4 is 46.0 Å². The molecule has 0 atom stereocenters. The number of nitrogens with one attached hydrogen (secondary N) is 1. The Labute approximate surface area is 159 Å². The summed E-state index contributed by atoms with van der Waals surface area (Å²) in [5.74, 6) is 0.789. The molecular formula is C20H15ClN4O2. The fourth-order valence-corrected chi connectivity index (χ4v) is 3.24. The molecule has 7 heteroatoms. The lowest BCUT2D eigenvalue weighted by molar-refractivity contribution is -0.113. The number of anilines is 1. The van der Waals surface area contributed by atoms with Gasteiger partial charge in [-0.2, -0.15) is 0 Å². The standard InChI is InChI=1S/C20H15ClN4O2/c1-11-22-17-8-7-14(10-15(17)19(26)23-11)25-12(2)24-18(20(25)27)9-13-5-3-4-6-16(13)21/h3-10H,1-2H3,(H,22,23,26)/b18-9+. The number of halogens is 1. The normalized spacial score (nSPS) is 15.7. The first-order chi connectivity index (χ1) is 12.9. The number of carbonyl (C=O) groups excluding carboxylic acids is 1. The highest BCUT2D eigenvalue weighted by molar-refractivity contribution is 6.33. The summed E-state index contributed by atoms with van der Waals surface area (Å²) in [6.45, 7) is 3.47. The van der Waals surface area contributed by atoms with Crippen LogP contribution in [0.5, 0.6) is 0 Å². The molecule has 1 N–H and O–H groups in total. The molecule has 0 bridgehead atoms. The Bertz CT molecular complexity index is 1210. The van der Waals surface area contributed by atoms with Crippen LogP contribution in [0.1, 0.15) is 18.3 Å². The number of aromatic nitrogens is 2. The van der Waals surface area contributed by atoms with E-state index >= 15 is 0 Å². The molecule has 0 radical (unpaired) electrons. The van der Waals surface area contributed by atoms with Gasteiger partial charge in [-0.15, -0.1) is 0 Å². The summed E-state index contributed by atoms with van der Waals surface area (Å²) in [7, 11) is 0. The number of nitrogens with zero attached hydrogens (tertiary/aromatic N) is 3. The van der Waals surface area contributed by atoms with E-state index in [2.05, 4.69) is 15.0 Å². The first-order valence-electron chi connectivity index (χ1n) is 8.31. The SMILES string of the molecule is CC1=N/C(=C/c2ccccc2Cl)C(=O)N1c1ccc2nc(C)[nH]c(=O)c2c1. The number of aliphatic imine (C=N–C) groups is 1. The molecule has 1 aromatic heterocycles. The number of hydrogen-bond donors (Lipinski definition) is 1. The summed E-state index contributed by atoms with van der Waals surface area (Å²) < 4.78 is 0. The zero-order chi connectivity index (χ0) is 19.1. The van der Waals surface area contributed by atoms with Gasteiger partial charge in [0.1, 0.15) is 17.4 Å².